The Bertz CT molecular complexity index is 684. The molecule has 0 radical (unpaired) electrons. The molecular formula is C18H19NO3. The third-order valence-corrected chi connectivity index (χ3v) is 4.19. The molecule has 0 saturated carbocycles. The molecule has 1 aliphatic rings. The largest absolute Gasteiger partial charge is 0.508 e. The van der Waals surface area contributed by atoms with Crippen molar-refractivity contribution in [3.05, 3.63) is 65.2 Å². The van der Waals surface area contributed by atoms with Crippen LogP contribution in [0.2, 0.25) is 0 Å². The van der Waals surface area contributed by atoms with Crippen LogP contribution in [0, 0.1) is 0 Å². The zero-order valence-electron chi connectivity index (χ0n) is 12.3. The fourth-order valence-electron chi connectivity index (χ4n) is 3.19. The standard InChI is InChI=1S/C18H19NO3/c20-15-6-3-4-13(10-15)12-19-9-8-14-5-1-2-7-16(14)17(19)11-18(21)22/h1-7,10,17,20H,8-9,11-12H2,(H,21,22). The molecule has 2 N–H and O–H groups in total. The third kappa shape index (κ3) is 3.12. The van der Waals surface area contributed by atoms with E-state index in [9.17, 15) is 15.0 Å². The summed E-state index contributed by atoms with van der Waals surface area (Å²) in [5.41, 5.74) is 3.34. The quantitative estimate of drug-likeness (QED) is 0.911. The summed E-state index contributed by atoms with van der Waals surface area (Å²) >= 11 is 0. The van der Waals surface area contributed by atoms with Crippen LogP contribution in [0.15, 0.2) is 48.5 Å². The van der Waals surface area contributed by atoms with Gasteiger partial charge in [0.25, 0.3) is 0 Å². The van der Waals surface area contributed by atoms with Crippen molar-refractivity contribution in [2.24, 2.45) is 0 Å². The Morgan fingerprint density at radius 1 is 1.18 bits per heavy atom. The van der Waals surface area contributed by atoms with Gasteiger partial charge in [-0.2, -0.15) is 0 Å². The Balaban J connectivity index is 1.88. The second-order valence-electron chi connectivity index (χ2n) is 5.70. The second-order valence-corrected chi connectivity index (χ2v) is 5.70. The Morgan fingerprint density at radius 3 is 2.77 bits per heavy atom. The smallest absolute Gasteiger partial charge is 0.305 e. The van der Waals surface area contributed by atoms with Crippen molar-refractivity contribution < 1.29 is 15.0 Å². The number of hydrogen-bond donors (Lipinski definition) is 2. The van der Waals surface area contributed by atoms with Gasteiger partial charge in [-0.25, -0.2) is 0 Å². The molecule has 0 bridgehead atoms. The molecule has 1 heterocycles. The molecule has 1 aliphatic heterocycles. The van der Waals surface area contributed by atoms with Crippen molar-refractivity contribution >= 4 is 5.97 Å². The summed E-state index contributed by atoms with van der Waals surface area (Å²) in [6.45, 7) is 1.46. The predicted octanol–water partition coefficient (Wildman–Crippen LogP) is 2.97. The van der Waals surface area contributed by atoms with E-state index in [1.54, 1.807) is 12.1 Å². The maximum absolute atomic E-state index is 11.3. The molecule has 0 spiro atoms. The zero-order valence-corrected chi connectivity index (χ0v) is 12.3. The molecule has 1 atom stereocenters. The molecule has 114 valence electrons. The summed E-state index contributed by atoms with van der Waals surface area (Å²) in [5, 5.41) is 18.9. The van der Waals surface area contributed by atoms with Crippen LogP contribution >= 0.6 is 0 Å². The van der Waals surface area contributed by atoms with Crippen molar-refractivity contribution in [1.29, 1.82) is 0 Å². The van der Waals surface area contributed by atoms with Crippen LogP contribution in [0.3, 0.4) is 0 Å². The summed E-state index contributed by atoms with van der Waals surface area (Å²) < 4.78 is 0. The van der Waals surface area contributed by atoms with E-state index in [-0.39, 0.29) is 18.2 Å². The highest BCUT2D eigenvalue weighted by atomic mass is 16.4. The highest BCUT2D eigenvalue weighted by Crippen LogP contribution is 2.33. The van der Waals surface area contributed by atoms with Gasteiger partial charge in [0.1, 0.15) is 5.75 Å². The van der Waals surface area contributed by atoms with Gasteiger partial charge in [-0.15, -0.1) is 0 Å². The number of phenolic OH excluding ortho intramolecular Hbond substituents is 1. The minimum absolute atomic E-state index is 0.0931. The first kappa shape index (κ1) is 14.6. The van der Waals surface area contributed by atoms with E-state index < -0.39 is 5.97 Å². The molecule has 0 fully saturated rings. The molecule has 2 aromatic rings. The number of fused-ring (bicyclic) bond motifs is 1. The van der Waals surface area contributed by atoms with Crippen molar-refractivity contribution in [2.75, 3.05) is 6.54 Å². The monoisotopic (exact) mass is 297 g/mol. The van der Waals surface area contributed by atoms with Gasteiger partial charge in [0.05, 0.1) is 6.42 Å². The fraction of sp³-hybridized carbons (Fsp3) is 0.278. The Labute approximate surface area is 129 Å². The van der Waals surface area contributed by atoms with Gasteiger partial charge in [0.15, 0.2) is 0 Å². The average molecular weight is 297 g/mol. The lowest BCUT2D eigenvalue weighted by Gasteiger charge is -2.36. The van der Waals surface area contributed by atoms with Gasteiger partial charge in [-0.3, -0.25) is 9.69 Å². The lowest BCUT2D eigenvalue weighted by Crippen LogP contribution is -2.36. The van der Waals surface area contributed by atoms with E-state index in [2.05, 4.69) is 11.0 Å². The first-order chi connectivity index (χ1) is 10.6. The number of hydrogen-bond acceptors (Lipinski definition) is 3. The fourth-order valence-corrected chi connectivity index (χ4v) is 3.19. The van der Waals surface area contributed by atoms with Crippen LogP contribution in [0.25, 0.3) is 0 Å². The molecule has 22 heavy (non-hydrogen) atoms. The highest BCUT2D eigenvalue weighted by Gasteiger charge is 2.28. The summed E-state index contributed by atoms with van der Waals surface area (Å²) in [6.07, 6.45) is 1.01. The van der Waals surface area contributed by atoms with Gasteiger partial charge in [-0.1, -0.05) is 36.4 Å². The maximum Gasteiger partial charge on any atom is 0.305 e. The average Bonchev–Trinajstić information content (AvgIpc) is 2.49. The number of carboxylic acid groups (broad SMARTS) is 1. The summed E-state index contributed by atoms with van der Waals surface area (Å²) in [7, 11) is 0. The molecule has 0 saturated heterocycles. The van der Waals surface area contributed by atoms with Crippen molar-refractivity contribution in [3.8, 4) is 5.75 Å². The summed E-state index contributed by atoms with van der Waals surface area (Å²) in [6, 6.07) is 15.1. The van der Waals surface area contributed by atoms with Crippen LogP contribution in [0.1, 0.15) is 29.2 Å². The van der Waals surface area contributed by atoms with Crippen molar-refractivity contribution in [3.63, 3.8) is 0 Å². The van der Waals surface area contributed by atoms with E-state index in [0.717, 1.165) is 24.1 Å². The minimum atomic E-state index is -0.789. The number of carbonyl (C=O) groups is 1. The van der Waals surface area contributed by atoms with E-state index in [1.165, 1.54) is 5.56 Å². The Hall–Kier alpha value is -2.33. The maximum atomic E-state index is 11.3. The van der Waals surface area contributed by atoms with Crippen LogP contribution in [0.5, 0.6) is 5.75 Å². The summed E-state index contributed by atoms with van der Waals surface area (Å²) in [5.74, 6) is -0.549. The van der Waals surface area contributed by atoms with Gasteiger partial charge in [0, 0.05) is 19.1 Å². The van der Waals surface area contributed by atoms with Gasteiger partial charge in [0.2, 0.25) is 0 Å². The number of carboxylic acids is 1. The number of benzene rings is 2. The van der Waals surface area contributed by atoms with Crippen LogP contribution in [-0.2, 0) is 17.8 Å². The number of aromatic hydroxyl groups is 1. The molecular weight excluding hydrogens is 278 g/mol. The SMILES string of the molecule is O=C(O)CC1c2ccccc2CCN1Cc1cccc(O)c1. The number of nitrogens with zero attached hydrogens (tertiary/aromatic N) is 1. The molecule has 0 amide bonds. The minimum Gasteiger partial charge on any atom is -0.508 e. The Morgan fingerprint density at radius 2 is 2.00 bits per heavy atom. The lowest BCUT2D eigenvalue weighted by molar-refractivity contribution is -0.138. The Kier molecular flexibility index (Phi) is 4.11. The van der Waals surface area contributed by atoms with E-state index in [1.807, 2.05) is 30.3 Å². The molecule has 0 aromatic heterocycles. The molecule has 2 aromatic carbocycles. The van der Waals surface area contributed by atoms with Crippen LogP contribution in [-0.4, -0.2) is 27.6 Å². The first-order valence-corrected chi connectivity index (χ1v) is 7.45. The third-order valence-electron chi connectivity index (χ3n) is 4.19. The lowest BCUT2D eigenvalue weighted by atomic mass is 9.90. The van der Waals surface area contributed by atoms with Crippen molar-refractivity contribution in [2.45, 2.75) is 25.4 Å². The molecule has 4 nitrogen and oxygen atoms in total. The van der Waals surface area contributed by atoms with Crippen LogP contribution in [0.4, 0.5) is 0 Å². The molecule has 1 unspecified atom stereocenters. The van der Waals surface area contributed by atoms with Crippen LogP contribution < -0.4 is 0 Å². The second kappa shape index (κ2) is 6.20. The normalized spacial score (nSPS) is 17.9. The topological polar surface area (TPSA) is 60.8 Å². The van der Waals surface area contributed by atoms with Gasteiger partial charge < -0.3 is 10.2 Å². The highest BCUT2D eigenvalue weighted by molar-refractivity contribution is 5.68. The number of rotatable bonds is 4. The van der Waals surface area contributed by atoms with Gasteiger partial charge in [-0.05, 0) is 35.2 Å². The van der Waals surface area contributed by atoms with E-state index in [4.69, 9.17) is 0 Å². The number of phenols is 1. The number of aliphatic carboxylic acids is 1. The molecule has 3 rings (SSSR count). The zero-order chi connectivity index (χ0) is 15.5. The summed E-state index contributed by atoms with van der Waals surface area (Å²) in [4.78, 5) is 13.4. The molecule has 4 heteroatoms. The van der Waals surface area contributed by atoms with Crippen molar-refractivity contribution in [1.82, 2.24) is 4.90 Å². The molecule has 0 aliphatic carbocycles. The predicted molar refractivity (Wildman–Crippen MR) is 83.7 cm³/mol. The van der Waals surface area contributed by atoms with E-state index >= 15 is 0 Å². The van der Waals surface area contributed by atoms with E-state index in [0.29, 0.717) is 6.54 Å². The van der Waals surface area contributed by atoms with Gasteiger partial charge >= 0.3 is 5.97 Å². The first-order valence-electron chi connectivity index (χ1n) is 7.45.